The van der Waals surface area contributed by atoms with Crippen LogP contribution >= 0.6 is 0 Å². The number of nitrogens with zero attached hydrogens (tertiary/aromatic N) is 3. The van der Waals surface area contributed by atoms with Gasteiger partial charge in [-0.2, -0.15) is 4.98 Å². The maximum absolute atomic E-state index is 13.2. The van der Waals surface area contributed by atoms with Gasteiger partial charge in [-0.3, -0.25) is 15.0 Å². The first-order chi connectivity index (χ1) is 13.7. The number of nitrogens with two attached hydrogens (primary N) is 1. The Kier molecular flexibility index (Phi) is 4.16. The van der Waals surface area contributed by atoms with Crippen molar-refractivity contribution < 1.29 is 14.1 Å². The maximum Gasteiger partial charge on any atom is 0.265 e. The van der Waals surface area contributed by atoms with Crippen molar-refractivity contribution in [2.75, 3.05) is 0 Å². The molecule has 0 radical (unpaired) electrons. The molecule has 3 aliphatic rings. The largest absolute Gasteiger partial charge is 0.339 e. The van der Waals surface area contributed by atoms with Crippen molar-refractivity contribution in [3.05, 3.63) is 46.6 Å². The van der Waals surface area contributed by atoms with E-state index in [2.05, 4.69) is 15.6 Å². The Morgan fingerprint density at radius 1 is 1.21 bits per heavy atom. The van der Waals surface area contributed by atoms with E-state index in [1.807, 2.05) is 11.0 Å². The minimum absolute atomic E-state index is 0.0375. The van der Waals surface area contributed by atoms with Gasteiger partial charge in [-0.05, 0) is 43.4 Å². The maximum atomic E-state index is 13.2. The number of rotatable bonds is 4. The molecule has 3 N–H and O–H groups in total. The summed E-state index contributed by atoms with van der Waals surface area (Å²) in [5.41, 5.74) is 4.03. The van der Waals surface area contributed by atoms with E-state index in [0.717, 1.165) is 55.8 Å². The summed E-state index contributed by atoms with van der Waals surface area (Å²) in [7, 11) is 0. The molecule has 8 nitrogen and oxygen atoms in total. The number of benzene rings is 1. The number of aromatic nitrogens is 2. The lowest BCUT2D eigenvalue weighted by Crippen LogP contribution is -2.42. The summed E-state index contributed by atoms with van der Waals surface area (Å²) in [5, 5.41) is 4.25. The number of amides is 2. The number of hydrazine groups is 1. The molecular formula is C20H23N5O3. The zero-order chi connectivity index (χ0) is 19.3. The second kappa shape index (κ2) is 6.70. The summed E-state index contributed by atoms with van der Waals surface area (Å²) in [5.74, 6) is 6.78. The molecule has 2 atom stereocenters. The molecule has 2 aromatic rings. The lowest BCUT2D eigenvalue weighted by Gasteiger charge is -2.36. The molecule has 1 aromatic carbocycles. The molecule has 0 bridgehead atoms. The van der Waals surface area contributed by atoms with Crippen LogP contribution in [0.15, 0.2) is 22.7 Å². The van der Waals surface area contributed by atoms with Crippen LogP contribution in [0.5, 0.6) is 0 Å². The molecule has 2 fully saturated rings. The van der Waals surface area contributed by atoms with Crippen LogP contribution in [0.25, 0.3) is 0 Å². The van der Waals surface area contributed by atoms with Gasteiger partial charge in [-0.15, -0.1) is 0 Å². The molecule has 0 saturated heterocycles. The highest BCUT2D eigenvalue weighted by Crippen LogP contribution is 2.42. The lowest BCUT2D eigenvalue weighted by atomic mass is 9.83. The van der Waals surface area contributed by atoms with Crippen molar-refractivity contribution in [1.29, 1.82) is 0 Å². The Morgan fingerprint density at radius 2 is 2.04 bits per heavy atom. The van der Waals surface area contributed by atoms with Crippen molar-refractivity contribution in [2.45, 2.75) is 62.9 Å². The Balaban J connectivity index is 1.41. The first-order valence-corrected chi connectivity index (χ1v) is 9.94. The van der Waals surface area contributed by atoms with Crippen LogP contribution in [0.1, 0.15) is 88.4 Å². The van der Waals surface area contributed by atoms with E-state index < -0.39 is 5.91 Å². The third-order valence-electron chi connectivity index (χ3n) is 6.18. The zero-order valence-corrected chi connectivity index (χ0v) is 15.6. The standard InChI is InChI=1S/C20H23N5O3/c21-23-18(26)12-7-8-13-10-25(20(27)15(13)9-12)16-4-2-1-3-14(16)17-22-19(28-24-17)11-5-6-11/h7-9,11,14,16H,1-6,10,21H2,(H,23,26). The topological polar surface area (TPSA) is 114 Å². The highest BCUT2D eigenvalue weighted by Gasteiger charge is 2.41. The second-order valence-electron chi connectivity index (χ2n) is 8.00. The van der Waals surface area contributed by atoms with Gasteiger partial charge in [0.15, 0.2) is 5.82 Å². The van der Waals surface area contributed by atoms with Gasteiger partial charge in [-0.1, -0.05) is 24.1 Å². The van der Waals surface area contributed by atoms with Gasteiger partial charge in [0.05, 0.1) is 0 Å². The fourth-order valence-corrected chi connectivity index (χ4v) is 4.50. The molecule has 0 spiro atoms. The zero-order valence-electron chi connectivity index (χ0n) is 15.6. The molecule has 2 aliphatic carbocycles. The average Bonchev–Trinajstić information content (AvgIpc) is 3.38. The Morgan fingerprint density at radius 3 is 2.82 bits per heavy atom. The van der Waals surface area contributed by atoms with Crippen LogP contribution in [0.2, 0.25) is 0 Å². The summed E-state index contributed by atoms with van der Waals surface area (Å²) in [4.78, 5) is 31.6. The van der Waals surface area contributed by atoms with Crippen molar-refractivity contribution >= 4 is 11.8 Å². The normalized spacial score (nSPS) is 24.3. The second-order valence-corrected chi connectivity index (χ2v) is 8.00. The molecule has 2 amide bonds. The number of carbonyl (C=O) groups is 2. The molecule has 8 heteroatoms. The Bertz CT molecular complexity index is 936. The van der Waals surface area contributed by atoms with Crippen LogP contribution < -0.4 is 11.3 Å². The third kappa shape index (κ3) is 2.88. The SMILES string of the molecule is NNC(=O)c1ccc2c(c1)C(=O)N(C1CCCCC1c1noc(C3CC3)n1)C2. The smallest absolute Gasteiger partial charge is 0.265 e. The number of nitrogens with one attached hydrogen (secondary N) is 1. The molecule has 1 aromatic heterocycles. The molecule has 146 valence electrons. The van der Waals surface area contributed by atoms with Gasteiger partial charge in [0.2, 0.25) is 5.89 Å². The van der Waals surface area contributed by atoms with E-state index in [0.29, 0.717) is 23.6 Å². The Labute approximate surface area is 162 Å². The molecule has 28 heavy (non-hydrogen) atoms. The van der Waals surface area contributed by atoms with Crippen molar-refractivity contribution in [3.63, 3.8) is 0 Å². The van der Waals surface area contributed by atoms with E-state index in [9.17, 15) is 9.59 Å². The van der Waals surface area contributed by atoms with Gasteiger partial charge in [-0.25, -0.2) is 5.84 Å². The lowest BCUT2D eigenvalue weighted by molar-refractivity contribution is 0.0621. The van der Waals surface area contributed by atoms with Gasteiger partial charge < -0.3 is 9.42 Å². The molecular weight excluding hydrogens is 358 g/mol. The summed E-state index contributed by atoms with van der Waals surface area (Å²) < 4.78 is 5.48. The van der Waals surface area contributed by atoms with Crippen molar-refractivity contribution in [2.24, 2.45) is 5.84 Å². The number of hydrogen-bond acceptors (Lipinski definition) is 6. The molecule has 5 rings (SSSR count). The van der Waals surface area contributed by atoms with E-state index in [-0.39, 0.29) is 17.9 Å². The predicted octanol–water partition coefficient (Wildman–Crippen LogP) is 2.23. The van der Waals surface area contributed by atoms with E-state index in [1.54, 1.807) is 12.1 Å². The molecule has 1 aliphatic heterocycles. The minimum Gasteiger partial charge on any atom is -0.339 e. The highest BCUT2D eigenvalue weighted by molar-refractivity contribution is 6.02. The summed E-state index contributed by atoms with van der Waals surface area (Å²) in [6, 6.07) is 5.23. The quantitative estimate of drug-likeness (QED) is 0.477. The first kappa shape index (κ1) is 17.4. The van der Waals surface area contributed by atoms with Crippen molar-refractivity contribution in [1.82, 2.24) is 20.5 Å². The average molecular weight is 381 g/mol. The van der Waals surface area contributed by atoms with Crippen molar-refractivity contribution in [3.8, 4) is 0 Å². The molecule has 2 heterocycles. The van der Waals surface area contributed by atoms with Crippen LogP contribution in [0.4, 0.5) is 0 Å². The monoisotopic (exact) mass is 381 g/mol. The summed E-state index contributed by atoms with van der Waals surface area (Å²) in [6.07, 6.45) is 6.30. The predicted molar refractivity (Wildman–Crippen MR) is 99.2 cm³/mol. The van der Waals surface area contributed by atoms with Crippen LogP contribution in [-0.2, 0) is 6.54 Å². The van der Waals surface area contributed by atoms with Crippen LogP contribution in [0.3, 0.4) is 0 Å². The van der Waals surface area contributed by atoms with E-state index in [4.69, 9.17) is 10.4 Å². The first-order valence-electron chi connectivity index (χ1n) is 9.94. The van der Waals surface area contributed by atoms with E-state index in [1.165, 1.54) is 0 Å². The van der Waals surface area contributed by atoms with E-state index >= 15 is 0 Å². The number of nitrogen functional groups attached to an aromatic ring is 1. The van der Waals surface area contributed by atoms with Gasteiger partial charge in [0.1, 0.15) is 0 Å². The fraction of sp³-hybridized carbons (Fsp3) is 0.500. The Hall–Kier alpha value is -2.74. The highest BCUT2D eigenvalue weighted by atomic mass is 16.5. The third-order valence-corrected chi connectivity index (χ3v) is 6.18. The van der Waals surface area contributed by atoms with Gasteiger partial charge in [0, 0.05) is 35.5 Å². The summed E-state index contributed by atoms with van der Waals surface area (Å²) >= 11 is 0. The molecule has 2 unspecified atom stereocenters. The number of hydrogen-bond donors (Lipinski definition) is 2. The van der Waals surface area contributed by atoms with Crippen LogP contribution in [-0.4, -0.2) is 32.9 Å². The fourth-order valence-electron chi connectivity index (χ4n) is 4.50. The van der Waals surface area contributed by atoms with Gasteiger partial charge >= 0.3 is 0 Å². The van der Waals surface area contributed by atoms with Gasteiger partial charge in [0.25, 0.3) is 11.8 Å². The minimum atomic E-state index is -0.399. The summed E-state index contributed by atoms with van der Waals surface area (Å²) in [6.45, 7) is 0.549. The number of carbonyl (C=O) groups excluding carboxylic acids is 2. The molecule has 2 saturated carbocycles. The number of fused-ring (bicyclic) bond motifs is 1. The van der Waals surface area contributed by atoms with Crippen LogP contribution in [0, 0.1) is 0 Å².